The number of nitrogens with two attached hydrogens (primary N) is 2. The van der Waals surface area contributed by atoms with Gasteiger partial charge in [0.1, 0.15) is 0 Å². The number of ether oxygens (including phenoxy) is 1. The van der Waals surface area contributed by atoms with E-state index in [1.807, 2.05) is 0 Å². The van der Waals surface area contributed by atoms with Crippen LogP contribution < -0.4 is 10.9 Å². The molecule has 0 radical (unpaired) electrons. The highest BCUT2D eigenvalue weighted by molar-refractivity contribution is 7.89. The van der Waals surface area contributed by atoms with E-state index in [0.29, 0.717) is 6.42 Å². The van der Waals surface area contributed by atoms with Gasteiger partial charge in [-0.05, 0) is 17.7 Å². The second-order valence-electron chi connectivity index (χ2n) is 3.11. The number of rotatable bonds is 4. The summed E-state index contributed by atoms with van der Waals surface area (Å²) in [5, 5.41) is 4.93. The van der Waals surface area contributed by atoms with Crippen LogP contribution in [-0.4, -0.2) is 21.1 Å². The number of hydrogen-bond donors (Lipinski definition) is 2. The summed E-state index contributed by atoms with van der Waals surface area (Å²) >= 11 is 0. The Morgan fingerprint density at radius 1 is 1.25 bits per heavy atom. The van der Waals surface area contributed by atoms with Crippen molar-refractivity contribution in [3.63, 3.8) is 0 Å². The maximum absolute atomic E-state index is 10.9. The van der Waals surface area contributed by atoms with Crippen LogP contribution in [0, 0.1) is 0 Å². The van der Waals surface area contributed by atoms with Crippen molar-refractivity contribution < 1.29 is 17.9 Å². The first-order valence-electron chi connectivity index (χ1n) is 4.43. The molecular weight excluding hydrogens is 232 g/mol. The number of benzene rings is 1. The monoisotopic (exact) mass is 244 g/mol. The first-order valence-corrected chi connectivity index (χ1v) is 5.98. The molecule has 0 atom stereocenters. The van der Waals surface area contributed by atoms with Crippen LogP contribution in [0.3, 0.4) is 0 Å². The van der Waals surface area contributed by atoms with Gasteiger partial charge in [-0.1, -0.05) is 12.1 Å². The van der Waals surface area contributed by atoms with E-state index in [1.165, 1.54) is 12.1 Å². The van der Waals surface area contributed by atoms with Gasteiger partial charge in [0.15, 0.2) is 0 Å². The molecule has 0 saturated heterocycles. The minimum atomic E-state index is -3.66. The molecule has 0 saturated carbocycles. The molecule has 1 rings (SSSR count). The van der Waals surface area contributed by atoms with Crippen LogP contribution in [0.2, 0.25) is 0 Å². The third kappa shape index (κ3) is 3.87. The SMILES string of the molecule is NC(=O)OCCc1ccc(S(N)(=O)=O)cc1. The zero-order valence-corrected chi connectivity index (χ0v) is 9.24. The Bertz CT molecular complexity index is 467. The number of primary sulfonamides is 1. The summed E-state index contributed by atoms with van der Waals surface area (Å²) in [6.45, 7) is 0.157. The van der Waals surface area contributed by atoms with Gasteiger partial charge in [-0.3, -0.25) is 0 Å². The van der Waals surface area contributed by atoms with Gasteiger partial charge in [0.25, 0.3) is 0 Å². The van der Waals surface area contributed by atoms with E-state index in [4.69, 9.17) is 10.9 Å². The first-order chi connectivity index (χ1) is 7.39. The smallest absolute Gasteiger partial charge is 0.404 e. The number of sulfonamides is 1. The predicted octanol–water partition coefficient (Wildman–Crippen LogP) is -0.0282. The summed E-state index contributed by atoms with van der Waals surface area (Å²) in [5.41, 5.74) is 5.61. The highest BCUT2D eigenvalue weighted by Crippen LogP contribution is 2.09. The predicted molar refractivity (Wildman–Crippen MR) is 57.1 cm³/mol. The van der Waals surface area contributed by atoms with Gasteiger partial charge in [-0.25, -0.2) is 18.4 Å². The van der Waals surface area contributed by atoms with Crippen molar-refractivity contribution in [1.82, 2.24) is 0 Å². The highest BCUT2D eigenvalue weighted by Gasteiger charge is 2.06. The van der Waals surface area contributed by atoms with Gasteiger partial charge in [-0.2, -0.15) is 0 Å². The molecule has 88 valence electrons. The Morgan fingerprint density at radius 3 is 2.25 bits per heavy atom. The molecule has 6 nitrogen and oxygen atoms in total. The topological polar surface area (TPSA) is 112 Å². The van der Waals surface area contributed by atoms with Crippen molar-refractivity contribution >= 4 is 16.1 Å². The molecule has 0 unspecified atom stereocenters. The second-order valence-corrected chi connectivity index (χ2v) is 4.67. The molecule has 1 aromatic carbocycles. The highest BCUT2D eigenvalue weighted by atomic mass is 32.2. The van der Waals surface area contributed by atoms with Crippen LogP contribution in [0.25, 0.3) is 0 Å². The Kier molecular flexibility index (Phi) is 3.86. The summed E-state index contributed by atoms with van der Waals surface area (Å²) < 4.78 is 26.4. The van der Waals surface area contributed by atoms with Gasteiger partial charge in [0.05, 0.1) is 11.5 Å². The van der Waals surface area contributed by atoms with Gasteiger partial charge < -0.3 is 10.5 Å². The van der Waals surface area contributed by atoms with E-state index >= 15 is 0 Å². The fourth-order valence-electron chi connectivity index (χ4n) is 1.12. The van der Waals surface area contributed by atoms with Crippen molar-refractivity contribution in [2.45, 2.75) is 11.3 Å². The summed E-state index contributed by atoms with van der Waals surface area (Å²) in [6.07, 6.45) is -0.366. The van der Waals surface area contributed by atoms with E-state index < -0.39 is 16.1 Å². The van der Waals surface area contributed by atoms with Crippen molar-refractivity contribution in [1.29, 1.82) is 0 Å². The summed E-state index contributed by atoms with van der Waals surface area (Å²) in [5.74, 6) is 0. The fraction of sp³-hybridized carbons (Fsp3) is 0.222. The molecule has 0 spiro atoms. The molecule has 0 aliphatic rings. The Balaban J connectivity index is 2.62. The number of amides is 1. The summed E-state index contributed by atoms with van der Waals surface area (Å²) in [4.78, 5) is 10.3. The molecule has 0 aromatic heterocycles. The molecule has 4 N–H and O–H groups in total. The number of primary amides is 1. The normalized spacial score (nSPS) is 11.1. The summed E-state index contributed by atoms with van der Waals surface area (Å²) in [6, 6.07) is 6.00. The van der Waals surface area contributed by atoms with Crippen LogP contribution >= 0.6 is 0 Å². The van der Waals surface area contributed by atoms with Crippen LogP contribution in [-0.2, 0) is 21.2 Å². The molecule has 0 fully saturated rings. The van der Waals surface area contributed by atoms with Crippen LogP contribution in [0.1, 0.15) is 5.56 Å². The van der Waals surface area contributed by atoms with Gasteiger partial charge in [0.2, 0.25) is 10.0 Å². The standard InChI is InChI=1S/C9H12N2O4S/c10-9(12)15-6-5-7-1-3-8(4-2-7)16(11,13)14/h1-4H,5-6H2,(H2,10,12)(H2,11,13,14). The molecular formula is C9H12N2O4S. The van der Waals surface area contributed by atoms with E-state index in [0.717, 1.165) is 5.56 Å². The molecule has 16 heavy (non-hydrogen) atoms. The quantitative estimate of drug-likeness (QED) is 0.774. The Hall–Kier alpha value is -1.60. The van der Waals surface area contributed by atoms with Crippen LogP contribution in [0.5, 0.6) is 0 Å². The average molecular weight is 244 g/mol. The largest absolute Gasteiger partial charge is 0.449 e. The lowest BCUT2D eigenvalue weighted by Crippen LogP contribution is -2.15. The Labute approximate surface area is 93.2 Å². The van der Waals surface area contributed by atoms with Crippen molar-refractivity contribution in [2.24, 2.45) is 10.9 Å². The lowest BCUT2D eigenvalue weighted by atomic mass is 10.2. The van der Waals surface area contributed by atoms with E-state index in [1.54, 1.807) is 12.1 Å². The van der Waals surface area contributed by atoms with Crippen molar-refractivity contribution in [3.8, 4) is 0 Å². The zero-order chi connectivity index (χ0) is 12.2. The molecule has 0 aliphatic carbocycles. The molecule has 0 heterocycles. The van der Waals surface area contributed by atoms with Gasteiger partial charge in [0, 0.05) is 6.42 Å². The molecule has 0 bridgehead atoms. The minimum Gasteiger partial charge on any atom is -0.449 e. The van der Waals surface area contributed by atoms with E-state index in [-0.39, 0.29) is 11.5 Å². The number of carbonyl (C=O) groups excluding carboxylic acids is 1. The van der Waals surface area contributed by atoms with Crippen LogP contribution in [0.4, 0.5) is 4.79 Å². The third-order valence-corrected chi connectivity index (χ3v) is 2.82. The van der Waals surface area contributed by atoms with E-state index in [2.05, 4.69) is 4.74 Å². The lowest BCUT2D eigenvalue weighted by Gasteiger charge is -2.03. The molecule has 1 aromatic rings. The lowest BCUT2D eigenvalue weighted by molar-refractivity contribution is 0.158. The fourth-order valence-corrected chi connectivity index (χ4v) is 1.63. The minimum absolute atomic E-state index is 0.0482. The number of carbonyl (C=O) groups is 1. The third-order valence-electron chi connectivity index (χ3n) is 1.89. The number of hydrogen-bond acceptors (Lipinski definition) is 4. The van der Waals surface area contributed by atoms with Gasteiger partial charge >= 0.3 is 6.09 Å². The van der Waals surface area contributed by atoms with Crippen molar-refractivity contribution in [3.05, 3.63) is 29.8 Å². The van der Waals surface area contributed by atoms with Crippen LogP contribution in [0.15, 0.2) is 29.2 Å². The maximum atomic E-state index is 10.9. The zero-order valence-electron chi connectivity index (χ0n) is 8.42. The average Bonchev–Trinajstić information content (AvgIpc) is 2.16. The van der Waals surface area contributed by atoms with Crippen molar-refractivity contribution in [2.75, 3.05) is 6.61 Å². The molecule has 7 heteroatoms. The Morgan fingerprint density at radius 2 is 1.81 bits per heavy atom. The van der Waals surface area contributed by atoms with E-state index in [9.17, 15) is 13.2 Å². The summed E-state index contributed by atoms with van der Waals surface area (Å²) in [7, 11) is -3.66. The molecule has 0 aliphatic heterocycles. The maximum Gasteiger partial charge on any atom is 0.404 e. The first kappa shape index (κ1) is 12.5. The van der Waals surface area contributed by atoms with Gasteiger partial charge in [-0.15, -0.1) is 0 Å². The second kappa shape index (κ2) is 4.95. The molecule has 1 amide bonds.